The van der Waals surface area contributed by atoms with E-state index in [2.05, 4.69) is 4.74 Å². The fourth-order valence-electron chi connectivity index (χ4n) is 0.918. The van der Waals surface area contributed by atoms with E-state index >= 15 is 0 Å². The number of carbonyl (C=O) groups is 1. The van der Waals surface area contributed by atoms with Crippen molar-refractivity contribution in [1.82, 2.24) is 5.32 Å². The fourth-order valence-corrected chi connectivity index (χ4v) is 0.918. The lowest BCUT2D eigenvalue weighted by Crippen LogP contribution is -2.54. The summed E-state index contributed by atoms with van der Waals surface area (Å²) >= 11 is 0. The Morgan fingerprint density at radius 3 is 1.64 bits per heavy atom. The van der Waals surface area contributed by atoms with Crippen molar-refractivity contribution in [2.75, 3.05) is 13.1 Å². The van der Waals surface area contributed by atoms with Crippen molar-refractivity contribution in [3.8, 4) is 0 Å². The molecule has 0 rings (SSSR count). The van der Waals surface area contributed by atoms with Crippen LogP contribution in [0.1, 0.15) is 0 Å². The summed E-state index contributed by atoms with van der Waals surface area (Å²) in [5.41, 5.74) is 4.77. The zero-order valence-corrected chi connectivity index (χ0v) is 11.3. The van der Waals surface area contributed by atoms with E-state index in [9.17, 15) is 53.1 Å². The molecule has 0 saturated heterocycles. The Morgan fingerprint density at radius 2 is 1.24 bits per heavy atom. The van der Waals surface area contributed by atoms with Crippen LogP contribution in [0.5, 0.6) is 0 Å². The van der Waals surface area contributed by atoms with E-state index in [4.69, 9.17) is 5.73 Å². The first-order chi connectivity index (χ1) is 10.9. The first kappa shape index (κ1) is 23.5. The van der Waals surface area contributed by atoms with E-state index in [-0.39, 0.29) is 0 Å². The van der Waals surface area contributed by atoms with Gasteiger partial charge in [-0.15, -0.1) is 22.0 Å². The number of carbonyl (C=O) groups excluding carboxylic acids is 1. The number of alkyl halides is 11. The van der Waals surface area contributed by atoms with Crippen LogP contribution in [0.25, 0.3) is 0 Å². The smallest absolute Gasteiger partial charge is 0.347 e. The minimum absolute atomic E-state index is 0.464. The maximum atomic E-state index is 12.9. The molecule has 0 unspecified atom stereocenters. The molecule has 0 fully saturated rings. The molecule has 0 bridgehead atoms. The molecule has 1 amide bonds. The summed E-state index contributed by atoms with van der Waals surface area (Å²) in [6.07, 6.45) is -31.9. The number of nitrogens with two attached hydrogens (primary N) is 1. The van der Waals surface area contributed by atoms with Crippen LogP contribution in [-0.4, -0.2) is 50.0 Å². The molecule has 0 aliphatic carbocycles. The van der Waals surface area contributed by atoms with Gasteiger partial charge in [0.1, 0.15) is 0 Å². The first-order valence-electron chi connectivity index (χ1n) is 5.52. The van der Waals surface area contributed by atoms with Gasteiger partial charge in [0.25, 0.3) is 0 Å². The van der Waals surface area contributed by atoms with Crippen molar-refractivity contribution >= 4 is 5.91 Å². The first-order valence-corrected chi connectivity index (χ1v) is 5.52. The highest BCUT2D eigenvalue weighted by molar-refractivity contribution is 5.81. The number of hydrogen-bond donors (Lipinski definition) is 2. The Labute approximate surface area is 130 Å². The van der Waals surface area contributed by atoms with Crippen LogP contribution in [0.2, 0.25) is 0 Å². The molecule has 0 aromatic carbocycles. The van der Waals surface area contributed by atoms with Crippen molar-refractivity contribution in [3.05, 3.63) is 0 Å². The van der Waals surface area contributed by atoms with Gasteiger partial charge in [-0.1, -0.05) is 0 Å². The largest absolute Gasteiger partial charge is 0.527 e. The molecular weight excluding hydrogens is 397 g/mol. The van der Waals surface area contributed by atoms with Gasteiger partial charge < -0.3 is 11.1 Å². The molecule has 0 heterocycles. The maximum absolute atomic E-state index is 12.9. The monoisotopic (exact) mass is 404 g/mol. The molecule has 0 aliphatic rings. The van der Waals surface area contributed by atoms with Crippen LogP contribution in [0.4, 0.5) is 48.3 Å². The Balaban J connectivity index is 5.18. The molecule has 17 heteroatoms. The van der Waals surface area contributed by atoms with Crippen LogP contribution in [-0.2, 0) is 19.0 Å². The van der Waals surface area contributed by atoms with Crippen molar-refractivity contribution in [1.29, 1.82) is 0 Å². The third-order valence-corrected chi connectivity index (χ3v) is 1.77. The number of rotatable bonds is 9. The van der Waals surface area contributed by atoms with Crippen molar-refractivity contribution in [3.63, 3.8) is 0 Å². The molecule has 25 heavy (non-hydrogen) atoms. The second-order valence-electron chi connectivity index (χ2n) is 3.81. The Bertz CT molecular complexity index is 467. The van der Waals surface area contributed by atoms with Crippen LogP contribution in [0.15, 0.2) is 0 Å². The van der Waals surface area contributed by atoms with Gasteiger partial charge >= 0.3 is 36.9 Å². The van der Waals surface area contributed by atoms with Crippen LogP contribution < -0.4 is 11.1 Å². The Hall–Kier alpha value is -1.46. The van der Waals surface area contributed by atoms with Crippen LogP contribution in [0, 0.1) is 0 Å². The molecule has 0 saturated carbocycles. The minimum atomic E-state index is -6.80. The summed E-state index contributed by atoms with van der Waals surface area (Å²) in [5.74, 6) is -2.65. The van der Waals surface area contributed by atoms with Gasteiger partial charge in [-0.3, -0.25) is 4.79 Å². The minimum Gasteiger partial charge on any atom is -0.347 e. The highest BCUT2D eigenvalue weighted by Crippen LogP contribution is 2.44. The molecular formula is C8H7F11N2O4. The third-order valence-electron chi connectivity index (χ3n) is 1.77. The summed E-state index contributed by atoms with van der Waals surface area (Å²) in [7, 11) is 0. The van der Waals surface area contributed by atoms with Gasteiger partial charge in [0.2, 0.25) is 0 Å². The topological polar surface area (TPSA) is 82.8 Å². The highest BCUT2D eigenvalue weighted by atomic mass is 19.4. The standard InChI is InChI=1S/C8H7F11N2O4/c9-4(10,3(22)21-2-1-20)23-8(18,19)25-6(13,14)5(11,12)24-7(15,16)17/h1-2,20H2,(H,21,22). The Kier molecular flexibility index (Phi) is 6.99. The van der Waals surface area contributed by atoms with Crippen molar-refractivity contribution in [2.24, 2.45) is 5.73 Å². The molecule has 0 aromatic heterocycles. The SMILES string of the molecule is NCCNC(=O)C(F)(F)OC(F)(F)OC(F)(F)C(F)(F)OC(F)(F)F. The lowest BCUT2D eigenvalue weighted by molar-refractivity contribution is -0.568. The maximum Gasteiger partial charge on any atom is 0.527 e. The second-order valence-corrected chi connectivity index (χ2v) is 3.81. The van der Waals surface area contributed by atoms with E-state index in [1.165, 1.54) is 5.32 Å². The van der Waals surface area contributed by atoms with E-state index < -0.39 is 50.0 Å². The van der Waals surface area contributed by atoms with Gasteiger partial charge in [0, 0.05) is 13.1 Å². The van der Waals surface area contributed by atoms with Gasteiger partial charge in [-0.25, -0.2) is 14.2 Å². The lowest BCUT2D eigenvalue weighted by Gasteiger charge is -2.29. The predicted octanol–water partition coefficient (Wildman–Crippen LogP) is 1.96. The summed E-state index contributed by atoms with van der Waals surface area (Å²) < 4.78 is 142. The van der Waals surface area contributed by atoms with E-state index in [1.807, 2.05) is 4.74 Å². The van der Waals surface area contributed by atoms with Gasteiger partial charge in [0.05, 0.1) is 0 Å². The number of hydrogen-bond acceptors (Lipinski definition) is 5. The van der Waals surface area contributed by atoms with Crippen molar-refractivity contribution in [2.45, 2.75) is 31.0 Å². The summed E-state index contributed by atoms with van der Waals surface area (Å²) in [4.78, 5) is 10.7. The third kappa shape index (κ3) is 7.53. The van der Waals surface area contributed by atoms with Crippen molar-refractivity contribution < 1.29 is 67.3 Å². The average molecular weight is 404 g/mol. The zero-order chi connectivity index (χ0) is 20.3. The lowest BCUT2D eigenvalue weighted by atomic mass is 10.5. The summed E-state index contributed by atoms with van der Waals surface area (Å²) in [5, 5.41) is 1.18. The van der Waals surface area contributed by atoms with Gasteiger partial charge in [-0.05, 0) is 0 Å². The van der Waals surface area contributed by atoms with Gasteiger partial charge in [-0.2, -0.15) is 26.3 Å². The zero-order valence-electron chi connectivity index (χ0n) is 11.3. The average Bonchev–Trinajstić information content (AvgIpc) is 2.29. The molecule has 0 atom stereocenters. The summed E-state index contributed by atoms with van der Waals surface area (Å²) in [6.45, 7) is -1.17. The van der Waals surface area contributed by atoms with Crippen LogP contribution in [0.3, 0.4) is 0 Å². The fraction of sp³-hybridized carbons (Fsp3) is 0.875. The van der Waals surface area contributed by atoms with E-state index in [0.717, 1.165) is 0 Å². The van der Waals surface area contributed by atoms with E-state index in [1.54, 1.807) is 4.74 Å². The molecule has 6 nitrogen and oxygen atoms in total. The molecule has 0 radical (unpaired) electrons. The predicted molar refractivity (Wildman–Crippen MR) is 51.2 cm³/mol. The summed E-state index contributed by atoms with van der Waals surface area (Å²) in [6, 6.07) is 0. The molecule has 3 N–H and O–H groups in total. The van der Waals surface area contributed by atoms with Gasteiger partial charge in [0.15, 0.2) is 0 Å². The second kappa shape index (κ2) is 7.42. The normalized spacial score (nSPS) is 14.6. The van der Waals surface area contributed by atoms with E-state index in [0.29, 0.717) is 0 Å². The number of ether oxygens (including phenoxy) is 3. The molecule has 150 valence electrons. The molecule has 0 spiro atoms. The number of halogens is 11. The number of amides is 1. The van der Waals surface area contributed by atoms with Crippen LogP contribution >= 0.6 is 0 Å². The molecule has 0 aromatic rings. The quantitative estimate of drug-likeness (QED) is 0.454. The highest BCUT2D eigenvalue weighted by Gasteiger charge is 2.69. The molecule has 0 aliphatic heterocycles. The Morgan fingerprint density at radius 1 is 0.800 bits per heavy atom. The number of nitrogens with one attached hydrogen (secondary N) is 1.